The van der Waals surface area contributed by atoms with Crippen LogP contribution in [0.1, 0.15) is 6.92 Å². The number of benzene rings is 2. The summed E-state index contributed by atoms with van der Waals surface area (Å²) in [4.78, 5) is 16.1. The van der Waals surface area contributed by atoms with Gasteiger partial charge in [-0.2, -0.15) is 0 Å². The second-order valence-corrected chi connectivity index (χ2v) is 4.62. The number of carbonyl (C=O) groups excluding carboxylic acids is 1. The molecule has 2 aromatic carbocycles. The van der Waals surface area contributed by atoms with Gasteiger partial charge in [-0.1, -0.05) is 48.5 Å². The van der Waals surface area contributed by atoms with Crippen molar-refractivity contribution in [1.82, 2.24) is 4.98 Å². The van der Waals surface area contributed by atoms with Crippen molar-refractivity contribution < 1.29 is 4.79 Å². The van der Waals surface area contributed by atoms with Crippen molar-refractivity contribution in [3.05, 3.63) is 60.7 Å². The quantitative estimate of drug-likeness (QED) is 0.762. The van der Waals surface area contributed by atoms with Crippen LogP contribution in [0.4, 0.5) is 5.69 Å². The number of carbonyl (C=O) groups is 1. The molecular formula is C17H14N2O. The van der Waals surface area contributed by atoms with E-state index in [1.165, 1.54) is 6.92 Å². The molecule has 3 nitrogen and oxygen atoms in total. The van der Waals surface area contributed by atoms with Gasteiger partial charge in [-0.3, -0.25) is 4.79 Å². The molecule has 1 amide bonds. The van der Waals surface area contributed by atoms with Gasteiger partial charge in [0.15, 0.2) is 0 Å². The maximum absolute atomic E-state index is 11.4. The predicted octanol–water partition coefficient (Wildman–Crippen LogP) is 3.86. The van der Waals surface area contributed by atoms with Crippen LogP contribution in [0, 0.1) is 0 Å². The van der Waals surface area contributed by atoms with Crippen molar-refractivity contribution in [1.29, 1.82) is 0 Å². The maximum atomic E-state index is 11.4. The van der Waals surface area contributed by atoms with Gasteiger partial charge in [0.05, 0.1) is 16.9 Å². The first kappa shape index (κ1) is 12.4. The molecule has 3 rings (SSSR count). The number of anilines is 1. The number of aromatic nitrogens is 1. The topological polar surface area (TPSA) is 42.0 Å². The Morgan fingerprint density at radius 1 is 1.00 bits per heavy atom. The lowest BCUT2D eigenvalue weighted by Gasteiger charge is -2.11. The summed E-state index contributed by atoms with van der Waals surface area (Å²) in [5.41, 5.74) is 3.43. The average molecular weight is 262 g/mol. The van der Waals surface area contributed by atoms with E-state index in [-0.39, 0.29) is 5.91 Å². The summed E-state index contributed by atoms with van der Waals surface area (Å²) in [5.74, 6) is -0.0979. The van der Waals surface area contributed by atoms with E-state index in [2.05, 4.69) is 10.3 Å². The number of nitrogens with zero attached hydrogens (tertiary/aromatic N) is 1. The van der Waals surface area contributed by atoms with Crippen LogP contribution in [-0.4, -0.2) is 10.9 Å². The standard InChI is InChI=1S/C17H14N2O/c1-12(20)18-16-11-14-9-5-6-10-15(14)19-17(16)13-7-3-2-4-8-13/h2-11H,1H3,(H,18,20). The molecule has 1 heterocycles. The first-order valence-corrected chi connectivity index (χ1v) is 6.47. The Hall–Kier alpha value is -2.68. The van der Waals surface area contributed by atoms with Crippen LogP contribution in [0.2, 0.25) is 0 Å². The minimum atomic E-state index is -0.0979. The number of fused-ring (bicyclic) bond motifs is 1. The zero-order valence-electron chi connectivity index (χ0n) is 11.1. The largest absolute Gasteiger partial charge is 0.324 e. The number of hydrogen-bond acceptors (Lipinski definition) is 2. The van der Waals surface area contributed by atoms with Gasteiger partial charge in [-0.25, -0.2) is 4.98 Å². The SMILES string of the molecule is CC(=O)Nc1cc2ccccc2nc1-c1ccccc1. The Bertz CT molecular complexity index is 766. The second-order valence-electron chi connectivity index (χ2n) is 4.62. The molecule has 0 aliphatic carbocycles. The van der Waals surface area contributed by atoms with Gasteiger partial charge in [-0.05, 0) is 12.1 Å². The Morgan fingerprint density at radius 2 is 1.70 bits per heavy atom. The number of rotatable bonds is 2. The number of amides is 1. The fourth-order valence-electron chi connectivity index (χ4n) is 2.22. The van der Waals surface area contributed by atoms with Crippen molar-refractivity contribution in [2.45, 2.75) is 6.92 Å². The Labute approximate surface area is 117 Å². The molecular weight excluding hydrogens is 248 g/mol. The van der Waals surface area contributed by atoms with Crippen LogP contribution in [0.25, 0.3) is 22.2 Å². The highest BCUT2D eigenvalue weighted by Crippen LogP contribution is 2.29. The molecule has 3 heteroatoms. The molecule has 0 unspecified atom stereocenters. The Morgan fingerprint density at radius 3 is 2.45 bits per heavy atom. The third-order valence-corrected chi connectivity index (χ3v) is 3.08. The van der Waals surface area contributed by atoms with Gasteiger partial charge in [-0.15, -0.1) is 0 Å². The van der Waals surface area contributed by atoms with E-state index >= 15 is 0 Å². The van der Waals surface area contributed by atoms with Gasteiger partial charge >= 0.3 is 0 Å². The number of nitrogens with one attached hydrogen (secondary N) is 1. The lowest BCUT2D eigenvalue weighted by molar-refractivity contribution is -0.114. The summed E-state index contributed by atoms with van der Waals surface area (Å²) in [5, 5.41) is 3.87. The molecule has 1 aromatic heterocycles. The monoisotopic (exact) mass is 262 g/mol. The minimum absolute atomic E-state index is 0.0979. The fourth-order valence-corrected chi connectivity index (χ4v) is 2.22. The normalized spacial score (nSPS) is 10.4. The third-order valence-electron chi connectivity index (χ3n) is 3.08. The van der Waals surface area contributed by atoms with Gasteiger partial charge in [0.25, 0.3) is 0 Å². The molecule has 0 saturated heterocycles. The van der Waals surface area contributed by atoms with E-state index in [4.69, 9.17) is 0 Å². The molecule has 0 radical (unpaired) electrons. The molecule has 3 aromatic rings. The molecule has 20 heavy (non-hydrogen) atoms. The second kappa shape index (κ2) is 5.13. The maximum Gasteiger partial charge on any atom is 0.221 e. The molecule has 0 bridgehead atoms. The highest BCUT2D eigenvalue weighted by atomic mass is 16.1. The van der Waals surface area contributed by atoms with E-state index < -0.39 is 0 Å². The van der Waals surface area contributed by atoms with Gasteiger partial charge in [0.1, 0.15) is 0 Å². The molecule has 0 fully saturated rings. The van der Waals surface area contributed by atoms with Crippen LogP contribution < -0.4 is 5.32 Å². The number of hydrogen-bond donors (Lipinski definition) is 1. The highest BCUT2D eigenvalue weighted by molar-refractivity contribution is 5.97. The van der Waals surface area contributed by atoms with E-state index in [0.717, 1.165) is 27.8 Å². The van der Waals surface area contributed by atoms with Crippen LogP contribution >= 0.6 is 0 Å². The smallest absolute Gasteiger partial charge is 0.221 e. The summed E-state index contributed by atoms with van der Waals surface area (Å²) in [7, 11) is 0. The highest BCUT2D eigenvalue weighted by Gasteiger charge is 2.09. The van der Waals surface area contributed by atoms with E-state index in [1.807, 2.05) is 60.7 Å². The Balaban J connectivity index is 2.24. The van der Waals surface area contributed by atoms with Crippen molar-refractivity contribution in [2.75, 3.05) is 5.32 Å². The third kappa shape index (κ3) is 2.38. The van der Waals surface area contributed by atoms with Gasteiger partial charge in [0.2, 0.25) is 5.91 Å². The molecule has 0 atom stereocenters. The van der Waals surface area contributed by atoms with Crippen molar-refractivity contribution >= 4 is 22.5 Å². The van der Waals surface area contributed by atoms with Crippen molar-refractivity contribution in [3.8, 4) is 11.3 Å². The van der Waals surface area contributed by atoms with Crippen molar-refractivity contribution in [3.63, 3.8) is 0 Å². The molecule has 0 aliphatic heterocycles. The van der Waals surface area contributed by atoms with Crippen LogP contribution in [-0.2, 0) is 4.79 Å². The zero-order valence-corrected chi connectivity index (χ0v) is 11.1. The molecule has 0 spiro atoms. The van der Waals surface area contributed by atoms with Crippen molar-refractivity contribution in [2.24, 2.45) is 0 Å². The van der Waals surface area contributed by atoms with Crippen LogP contribution in [0.3, 0.4) is 0 Å². The van der Waals surface area contributed by atoms with Crippen LogP contribution in [0.5, 0.6) is 0 Å². The average Bonchev–Trinajstić information content (AvgIpc) is 2.47. The van der Waals surface area contributed by atoms with Gasteiger partial charge < -0.3 is 5.32 Å². The lowest BCUT2D eigenvalue weighted by Crippen LogP contribution is -2.08. The molecule has 98 valence electrons. The molecule has 1 N–H and O–H groups in total. The predicted molar refractivity (Wildman–Crippen MR) is 81.5 cm³/mol. The summed E-state index contributed by atoms with van der Waals surface area (Å²) < 4.78 is 0. The summed E-state index contributed by atoms with van der Waals surface area (Å²) >= 11 is 0. The van der Waals surface area contributed by atoms with E-state index in [0.29, 0.717) is 0 Å². The minimum Gasteiger partial charge on any atom is -0.324 e. The summed E-state index contributed by atoms with van der Waals surface area (Å²) in [6.07, 6.45) is 0. The summed E-state index contributed by atoms with van der Waals surface area (Å²) in [6, 6.07) is 19.7. The van der Waals surface area contributed by atoms with E-state index in [9.17, 15) is 4.79 Å². The van der Waals surface area contributed by atoms with Crippen LogP contribution in [0.15, 0.2) is 60.7 Å². The zero-order chi connectivity index (χ0) is 13.9. The number of para-hydroxylation sites is 1. The van der Waals surface area contributed by atoms with E-state index in [1.54, 1.807) is 0 Å². The molecule has 0 aliphatic rings. The fraction of sp³-hybridized carbons (Fsp3) is 0.0588. The number of pyridine rings is 1. The first-order valence-electron chi connectivity index (χ1n) is 6.47. The summed E-state index contributed by atoms with van der Waals surface area (Å²) in [6.45, 7) is 1.50. The first-order chi connectivity index (χ1) is 9.74. The molecule has 0 saturated carbocycles. The lowest BCUT2D eigenvalue weighted by atomic mass is 10.1. The van der Waals surface area contributed by atoms with Gasteiger partial charge in [0, 0.05) is 17.9 Å². The Kier molecular flexibility index (Phi) is 3.17.